The Bertz CT molecular complexity index is 454. The molecule has 0 spiro atoms. The number of carbonyl (C=O) groups excluding carboxylic acids is 1. The first kappa shape index (κ1) is 13.5. The van der Waals surface area contributed by atoms with Crippen LogP contribution in [-0.4, -0.2) is 24.5 Å². The number of esters is 1. The van der Waals surface area contributed by atoms with Gasteiger partial charge in [0.15, 0.2) is 0 Å². The van der Waals surface area contributed by atoms with Gasteiger partial charge in [-0.15, -0.1) is 0 Å². The number of alkyl halides is 1. The number of benzene rings is 1. The van der Waals surface area contributed by atoms with Gasteiger partial charge in [-0.2, -0.15) is 5.26 Å². The average molecular weight is 298 g/mol. The molecule has 90 valence electrons. The van der Waals surface area contributed by atoms with E-state index in [-0.39, 0.29) is 12.6 Å². The second-order valence-corrected chi connectivity index (χ2v) is 4.50. The predicted octanol–water partition coefficient (Wildman–Crippen LogP) is 2.18. The van der Waals surface area contributed by atoms with Gasteiger partial charge < -0.3 is 9.47 Å². The molecule has 0 aromatic heterocycles. The van der Waals surface area contributed by atoms with Gasteiger partial charge in [0.2, 0.25) is 0 Å². The lowest BCUT2D eigenvalue weighted by Gasteiger charge is -2.12. The number of hydrogen-bond acceptors (Lipinski definition) is 4. The number of methoxy groups -OCH3 is 1. The molecule has 1 aromatic rings. The Morgan fingerprint density at radius 2 is 2.29 bits per heavy atom. The fourth-order valence-corrected chi connectivity index (χ4v) is 1.50. The Morgan fingerprint density at radius 3 is 2.88 bits per heavy atom. The van der Waals surface area contributed by atoms with E-state index in [0.717, 1.165) is 5.56 Å². The molecular formula is C12H12BrNO3. The first-order valence-electron chi connectivity index (χ1n) is 4.94. The van der Waals surface area contributed by atoms with Gasteiger partial charge in [-0.25, -0.2) is 0 Å². The van der Waals surface area contributed by atoms with Gasteiger partial charge in [0.25, 0.3) is 0 Å². The van der Waals surface area contributed by atoms with E-state index in [2.05, 4.69) is 20.7 Å². The minimum absolute atomic E-state index is 0.155. The third kappa shape index (κ3) is 3.75. The van der Waals surface area contributed by atoms with Crippen LogP contribution in [-0.2, 0) is 9.53 Å². The third-order valence-electron chi connectivity index (χ3n) is 2.16. The highest BCUT2D eigenvalue weighted by Crippen LogP contribution is 2.20. The maximum Gasteiger partial charge on any atom is 0.322 e. The van der Waals surface area contributed by atoms with Crippen molar-refractivity contribution in [3.05, 3.63) is 29.3 Å². The van der Waals surface area contributed by atoms with Crippen molar-refractivity contribution in [1.82, 2.24) is 0 Å². The molecule has 0 saturated carbocycles. The zero-order valence-electron chi connectivity index (χ0n) is 9.57. The summed E-state index contributed by atoms with van der Waals surface area (Å²) in [6.45, 7) is 2.03. The van der Waals surface area contributed by atoms with E-state index in [9.17, 15) is 4.79 Å². The summed E-state index contributed by atoms with van der Waals surface area (Å²) in [6, 6.07) is 7.20. The quantitative estimate of drug-likeness (QED) is 0.631. The number of rotatable bonds is 4. The van der Waals surface area contributed by atoms with Crippen molar-refractivity contribution in [3.8, 4) is 11.8 Å². The number of halogens is 1. The van der Waals surface area contributed by atoms with Crippen molar-refractivity contribution in [3.63, 3.8) is 0 Å². The average Bonchev–Trinajstić information content (AvgIpc) is 2.36. The maximum atomic E-state index is 11.1. The van der Waals surface area contributed by atoms with Crippen molar-refractivity contribution < 1.29 is 14.3 Å². The van der Waals surface area contributed by atoms with Gasteiger partial charge in [-0.1, -0.05) is 22.0 Å². The summed E-state index contributed by atoms with van der Waals surface area (Å²) in [4.78, 5) is 10.6. The monoisotopic (exact) mass is 297 g/mol. The van der Waals surface area contributed by atoms with E-state index in [1.807, 2.05) is 13.0 Å². The zero-order valence-corrected chi connectivity index (χ0v) is 11.2. The van der Waals surface area contributed by atoms with E-state index in [1.165, 1.54) is 7.11 Å². The van der Waals surface area contributed by atoms with Gasteiger partial charge in [0.1, 0.15) is 17.2 Å². The number of nitrogens with zero attached hydrogens (tertiary/aromatic N) is 1. The Morgan fingerprint density at radius 1 is 1.59 bits per heavy atom. The Labute approximate surface area is 108 Å². The maximum absolute atomic E-state index is 11.1. The first-order valence-corrected chi connectivity index (χ1v) is 5.85. The van der Waals surface area contributed by atoms with Crippen LogP contribution in [0.15, 0.2) is 18.2 Å². The SMILES string of the molecule is COC(=O)C(Br)COc1cc(C#N)ccc1C. The van der Waals surface area contributed by atoms with Crippen LogP contribution in [0.3, 0.4) is 0 Å². The molecule has 0 aliphatic rings. The van der Waals surface area contributed by atoms with Crippen LogP contribution < -0.4 is 4.74 Å². The Balaban J connectivity index is 2.69. The lowest BCUT2D eigenvalue weighted by molar-refractivity contribution is -0.140. The normalized spacial score (nSPS) is 11.4. The highest BCUT2D eigenvalue weighted by atomic mass is 79.9. The van der Waals surface area contributed by atoms with Crippen molar-refractivity contribution in [2.45, 2.75) is 11.8 Å². The predicted molar refractivity (Wildman–Crippen MR) is 66.1 cm³/mol. The number of hydrogen-bond donors (Lipinski definition) is 0. The van der Waals surface area contributed by atoms with Gasteiger partial charge in [0.05, 0.1) is 18.7 Å². The van der Waals surface area contributed by atoms with Crippen molar-refractivity contribution >= 4 is 21.9 Å². The van der Waals surface area contributed by atoms with Gasteiger partial charge >= 0.3 is 5.97 Å². The van der Waals surface area contributed by atoms with Crippen molar-refractivity contribution in [1.29, 1.82) is 5.26 Å². The van der Waals surface area contributed by atoms with E-state index < -0.39 is 4.83 Å². The number of nitriles is 1. The summed E-state index contributed by atoms with van der Waals surface area (Å²) in [5.74, 6) is 0.205. The van der Waals surface area contributed by atoms with E-state index in [0.29, 0.717) is 11.3 Å². The molecule has 4 nitrogen and oxygen atoms in total. The summed E-state index contributed by atoms with van der Waals surface area (Å²) in [5.41, 5.74) is 1.43. The summed E-state index contributed by atoms with van der Waals surface area (Å²) >= 11 is 3.16. The highest BCUT2D eigenvalue weighted by Gasteiger charge is 2.16. The molecule has 1 atom stereocenters. The Hall–Kier alpha value is -1.54. The van der Waals surface area contributed by atoms with Crippen LogP contribution in [0.2, 0.25) is 0 Å². The number of aryl methyl sites for hydroxylation is 1. The molecule has 1 unspecified atom stereocenters. The molecule has 0 aliphatic heterocycles. The lowest BCUT2D eigenvalue weighted by Crippen LogP contribution is -2.23. The van der Waals surface area contributed by atoms with Crippen LogP contribution in [0.1, 0.15) is 11.1 Å². The number of carbonyl (C=O) groups is 1. The molecule has 0 fully saturated rings. The third-order valence-corrected chi connectivity index (χ3v) is 2.80. The zero-order chi connectivity index (χ0) is 12.8. The van der Waals surface area contributed by atoms with E-state index >= 15 is 0 Å². The van der Waals surface area contributed by atoms with Crippen LogP contribution in [0.4, 0.5) is 0 Å². The van der Waals surface area contributed by atoms with Gasteiger partial charge in [0, 0.05) is 0 Å². The topological polar surface area (TPSA) is 59.3 Å². The van der Waals surface area contributed by atoms with E-state index in [1.54, 1.807) is 18.2 Å². The molecule has 0 bridgehead atoms. The molecule has 0 amide bonds. The molecule has 0 saturated heterocycles. The van der Waals surface area contributed by atoms with Crippen LogP contribution in [0.25, 0.3) is 0 Å². The largest absolute Gasteiger partial charge is 0.491 e. The minimum atomic E-state index is -0.516. The lowest BCUT2D eigenvalue weighted by atomic mass is 10.1. The summed E-state index contributed by atoms with van der Waals surface area (Å²) in [5, 5.41) is 8.77. The van der Waals surface area contributed by atoms with Crippen LogP contribution in [0.5, 0.6) is 5.75 Å². The second-order valence-electron chi connectivity index (χ2n) is 3.39. The molecule has 1 aromatic carbocycles. The molecule has 0 aliphatic carbocycles. The Kier molecular flexibility index (Phi) is 4.98. The molecular weight excluding hydrogens is 286 g/mol. The van der Waals surface area contributed by atoms with Crippen LogP contribution >= 0.6 is 15.9 Å². The number of ether oxygens (including phenoxy) is 2. The van der Waals surface area contributed by atoms with Crippen molar-refractivity contribution in [2.75, 3.05) is 13.7 Å². The van der Waals surface area contributed by atoms with Gasteiger partial charge in [-0.05, 0) is 24.6 Å². The molecule has 0 N–H and O–H groups in total. The summed E-state index contributed by atoms with van der Waals surface area (Å²) in [7, 11) is 1.32. The molecule has 0 heterocycles. The van der Waals surface area contributed by atoms with Gasteiger partial charge in [-0.3, -0.25) is 4.79 Å². The molecule has 17 heavy (non-hydrogen) atoms. The fourth-order valence-electron chi connectivity index (χ4n) is 1.18. The second kappa shape index (κ2) is 6.26. The van der Waals surface area contributed by atoms with E-state index in [4.69, 9.17) is 10.00 Å². The first-order chi connectivity index (χ1) is 8.08. The van der Waals surface area contributed by atoms with Crippen LogP contribution in [0, 0.1) is 18.3 Å². The van der Waals surface area contributed by atoms with Crippen molar-refractivity contribution in [2.24, 2.45) is 0 Å². The molecule has 0 radical (unpaired) electrons. The summed E-state index contributed by atoms with van der Waals surface area (Å²) in [6.07, 6.45) is 0. The molecule has 5 heteroatoms. The smallest absolute Gasteiger partial charge is 0.322 e. The highest BCUT2D eigenvalue weighted by molar-refractivity contribution is 9.10. The summed E-state index contributed by atoms with van der Waals surface area (Å²) < 4.78 is 10.0. The fraction of sp³-hybridized carbons (Fsp3) is 0.333. The standard InChI is InChI=1S/C12H12BrNO3/c1-8-3-4-9(6-14)5-11(8)17-7-10(13)12(15)16-2/h3-5,10H,7H2,1-2H3. The molecule has 1 rings (SSSR count). The minimum Gasteiger partial charge on any atom is -0.491 e.